The lowest BCUT2D eigenvalue weighted by Crippen LogP contribution is -2.34. The van der Waals surface area contributed by atoms with Crippen LogP contribution in [0.3, 0.4) is 0 Å². The number of carbonyl (C=O) groups excluding carboxylic acids is 1. The van der Waals surface area contributed by atoms with Gasteiger partial charge in [0.2, 0.25) is 0 Å². The zero-order chi connectivity index (χ0) is 21.8. The van der Waals surface area contributed by atoms with Gasteiger partial charge in [0.1, 0.15) is 0 Å². The number of aromatic nitrogens is 1. The molecule has 1 unspecified atom stereocenters. The lowest BCUT2D eigenvalue weighted by molar-refractivity contribution is 0.262. The van der Waals surface area contributed by atoms with Crippen LogP contribution < -0.4 is 15.5 Å². The van der Waals surface area contributed by atoms with Gasteiger partial charge in [0.05, 0.1) is 0 Å². The molecule has 6 nitrogen and oxygen atoms in total. The average molecular weight is 420 g/mol. The van der Waals surface area contributed by atoms with Crippen LogP contribution in [0.2, 0.25) is 0 Å². The van der Waals surface area contributed by atoms with Gasteiger partial charge >= 0.3 is 6.03 Å². The topological polar surface area (TPSA) is 52.5 Å². The molecular weight excluding hydrogens is 386 g/mol. The maximum absolute atomic E-state index is 12.5. The fraction of sp³-hybridized carbons (Fsp3) is 0.400. The molecule has 164 valence electrons. The van der Waals surface area contributed by atoms with Gasteiger partial charge in [-0.05, 0) is 81.4 Å². The van der Waals surface area contributed by atoms with Crippen LogP contribution in [-0.2, 0) is 6.54 Å². The second-order valence-corrected chi connectivity index (χ2v) is 8.91. The number of hydrogen-bond donors (Lipinski definition) is 2. The van der Waals surface area contributed by atoms with E-state index in [1.54, 1.807) is 0 Å². The molecule has 1 fully saturated rings. The molecule has 6 heteroatoms. The van der Waals surface area contributed by atoms with Crippen molar-refractivity contribution in [1.29, 1.82) is 0 Å². The summed E-state index contributed by atoms with van der Waals surface area (Å²) in [5, 5.41) is 7.01. The Bertz CT molecular complexity index is 1020. The number of benzene rings is 2. The van der Waals surface area contributed by atoms with Crippen LogP contribution >= 0.6 is 0 Å². The van der Waals surface area contributed by atoms with Crippen molar-refractivity contribution in [1.82, 2.24) is 9.47 Å². The Morgan fingerprint density at radius 1 is 1.06 bits per heavy atom. The number of hydrogen-bond acceptors (Lipinski definition) is 3. The number of urea groups is 1. The smallest absolute Gasteiger partial charge is 0.323 e. The van der Waals surface area contributed by atoms with Crippen molar-refractivity contribution >= 4 is 34.0 Å². The largest absolute Gasteiger partial charge is 0.371 e. The van der Waals surface area contributed by atoms with E-state index in [4.69, 9.17) is 0 Å². The molecule has 1 aromatic heterocycles. The summed E-state index contributed by atoms with van der Waals surface area (Å²) in [6.45, 7) is 6.45. The predicted molar refractivity (Wildman–Crippen MR) is 130 cm³/mol. The Morgan fingerprint density at radius 2 is 1.81 bits per heavy atom. The zero-order valence-electron chi connectivity index (χ0n) is 18.8. The first-order valence-electron chi connectivity index (χ1n) is 11.1. The van der Waals surface area contributed by atoms with Crippen molar-refractivity contribution in [2.24, 2.45) is 5.92 Å². The van der Waals surface area contributed by atoms with Crippen molar-refractivity contribution in [2.45, 2.75) is 26.3 Å². The molecule has 2 amide bonds. The van der Waals surface area contributed by atoms with E-state index in [1.807, 2.05) is 24.3 Å². The second kappa shape index (κ2) is 9.43. The second-order valence-electron chi connectivity index (χ2n) is 8.91. The van der Waals surface area contributed by atoms with E-state index in [9.17, 15) is 4.79 Å². The van der Waals surface area contributed by atoms with Crippen molar-refractivity contribution < 1.29 is 4.79 Å². The minimum Gasteiger partial charge on any atom is -0.371 e. The van der Waals surface area contributed by atoms with Crippen molar-refractivity contribution in [2.75, 3.05) is 49.3 Å². The van der Waals surface area contributed by atoms with Crippen molar-refractivity contribution in [3.63, 3.8) is 0 Å². The molecule has 2 N–H and O–H groups in total. The molecule has 0 aliphatic carbocycles. The van der Waals surface area contributed by atoms with Gasteiger partial charge in [-0.25, -0.2) is 4.79 Å². The molecule has 1 aliphatic heterocycles. The zero-order valence-corrected chi connectivity index (χ0v) is 18.8. The molecule has 1 atom stereocenters. The molecule has 31 heavy (non-hydrogen) atoms. The number of anilines is 3. The lowest BCUT2D eigenvalue weighted by atomic mass is 10.00. The molecule has 2 aromatic carbocycles. The SMILES string of the molecule is CC1CCCN(c2ccc(NC(=O)Nc3ccc4c(ccn4CCN(C)C)c3)cc2)C1. The van der Waals surface area contributed by atoms with Gasteiger partial charge in [0.15, 0.2) is 0 Å². The summed E-state index contributed by atoms with van der Waals surface area (Å²) >= 11 is 0. The molecule has 0 saturated carbocycles. The first-order valence-corrected chi connectivity index (χ1v) is 11.1. The standard InChI is InChI=1S/C25H33N5O/c1-19-5-4-13-30(18-19)23-9-6-21(7-10-23)26-25(31)27-22-8-11-24-20(17-22)12-14-29(24)16-15-28(2)3/h6-12,14,17,19H,4-5,13,15-16,18H2,1-3H3,(H2,26,27,31). The van der Waals surface area contributed by atoms with Gasteiger partial charge in [0, 0.05) is 60.3 Å². The van der Waals surface area contributed by atoms with Crippen molar-refractivity contribution in [3.05, 3.63) is 54.7 Å². The van der Waals surface area contributed by atoms with Gasteiger partial charge in [-0.2, -0.15) is 0 Å². The van der Waals surface area contributed by atoms with Crippen LogP contribution in [0.25, 0.3) is 10.9 Å². The maximum Gasteiger partial charge on any atom is 0.323 e. The monoisotopic (exact) mass is 419 g/mol. The van der Waals surface area contributed by atoms with Gasteiger partial charge in [-0.3, -0.25) is 0 Å². The summed E-state index contributed by atoms with van der Waals surface area (Å²) in [6.07, 6.45) is 4.65. The molecule has 1 aliphatic rings. The Kier molecular flexibility index (Phi) is 6.47. The van der Waals surface area contributed by atoms with Gasteiger partial charge in [0.25, 0.3) is 0 Å². The Balaban J connectivity index is 1.35. The minimum absolute atomic E-state index is 0.231. The highest BCUT2D eigenvalue weighted by atomic mass is 16.2. The van der Waals surface area contributed by atoms with Crippen LogP contribution in [0.4, 0.5) is 21.9 Å². The number of amides is 2. The summed E-state index contributed by atoms with van der Waals surface area (Å²) < 4.78 is 2.24. The average Bonchev–Trinajstić information content (AvgIpc) is 3.15. The minimum atomic E-state index is -0.231. The summed E-state index contributed by atoms with van der Waals surface area (Å²) in [7, 11) is 4.15. The molecule has 0 radical (unpaired) electrons. The number of piperidine rings is 1. The van der Waals surface area contributed by atoms with E-state index in [0.717, 1.165) is 48.9 Å². The number of nitrogens with zero attached hydrogens (tertiary/aromatic N) is 3. The molecule has 2 heterocycles. The Hall–Kier alpha value is -2.99. The fourth-order valence-electron chi connectivity index (χ4n) is 4.25. The maximum atomic E-state index is 12.5. The molecule has 0 bridgehead atoms. The summed E-state index contributed by atoms with van der Waals surface area (Å²) in [5.41, 5.74) is 3.98. The third-order valence-electron chi connectivity index (χ3n) is 5.96. The van der Waals surface area contributed by atoms with E-state index in [0.29, 0.717) is 0 Å². The van der Waals surface area contributed by atoms with Gasteiger partial charge in [-0.1, -0.05) is 6.92 Å². The van der Waals surface area contributed by atoms with E-state index in [1.165, 1.54) is 24.0 Å². The molecule has 3 aromatic rings. The van der Waals surface area contributed by atoms with Gasteiger partial charge < -0.3 is 25.0 Å². The van der Waals surface area contributed by atoms with E-state index in [-0.39, 0.29) is 6.03 Å². The number of rotatable bonds is 6. The highest BCUT2D eigenvalue weighted by molar-refractivity contribution is 6.01. The van der Waals surface area contributed by atoms with Crippen LogP contribution in [0, 0.1) is 5.92 Å². The van der Waals surface area contributed by atoms with Crippen molar-refractivity contribution in [3.8, 4) is 0 Å². The number of likely N-dealkylation sites (N-methyl/N-ethyl adjacent to an activating group) is 1. The number of nitrogens with one attached hydrogen (secondary N) is 2. The Labute approximate surface area is 184 Å². The predicted octanol–water partition coefficient (Wildman–Crippen LogP) is 5.08. The normalized spacial score (nSPS) is 16.6. The third kappa shape index (κ3) is 5.39. The summed E-state index contributed by atoms with van der Waals surface area (Å²) in [4.78, 5) is 17.1. The lowest BCUT2D eigenvalue weighted by Gasteiger charge is -2.32. The fourth-order valence-corrected chi connectivity index (χ4v) is 4.25. The van der Waals surface area contributed by atoms with Crippen LogP contribution in [0.5, 0.6) is 0 Å². The first-order chi connectivity index (χ1) is 15.0. The molecule has 1 saturated heterocycles. The highest BCUT2D eigenvalue weighted by Crippen LogP contribution is 2.25. The Morgan fingerprint density at radius 3 is 2.55 bits per heavy atom. The summed E-state index contributed by atoms with van der Waals surface area (Å²) in [5.74, 6) is 0.736. The number of fused-ring (bicyclic) bond motifs is 1. The van der Waals surface area contributed by atoms with Gasteiger partial charge in [-0.15, -0.1) is 0 Å². The van der Waals surface area contributed by atoms with E-state index < -0.39 is 0 Å². The van der Waals surface area contributed by atoms with Crippen LogP contribution in [0.15, 0.2) is 54.7 Å². The van der Waals surface area contributed by atoms with Crippen LogP contribution in [0.1, 0.15) is 19.8 Å². The number of carbonyl (C=O) groups is 1. The first kappa shape index (κ1) is 21.2. The highest BCUT2D eigenvalue weighted by Gasteiger charge is 2.16. The quantitative estimate of drug-likeness (QED) is 0.586. The molecule has 0 spiro atoms. The molecule has 4 rings (SSSR count). The third-order valence-corrected chi connectivity index (χ3v) is 5.96. The van der Waals surface area contributed by atoms with E-state index in [2.05, 4.69) is 76.5 Å². The van der Waals surface area contributed by atoms with Crippen LogP contribution in [-0.4, -0.2) is 49.2 Å². The van der Waals surface area contributed by atoms with E-state index >= 15 is 0 Å². The summed E-state index contributed by atoms with van der Waals surface area (Å²) in [6, 6.07) is 16.0. The molecular formula is C25H33N5O.